The van der Waals surface area contributed by atoms with Crippen molar-refractivity contribution in [3.63, 3.8) is 0 Å². The summed E-state index contributed by atoms with van der Waals surface area (Å²) in [5, 5.41) is 9.44. The monoisotopic (exact) mass is 426 g/mol. The van der Waals surface area contributed by atoms with Crippen LogP contribution in [0.3, 0.4) is 0 Å². The summed E-state index contributed by atoms with van der Waals surface area (Å²) in [6, 6.07) is 10.8. The highest BCUT2D eigenvalue weighted by atomic mass is 32.2. The van der Waals surface area contributed by atoms with Crippen molar-refractivity contribution in [2.75, 3.05) is 22.9 Å². The Morgan fingerprint density at radius 2 is 1.86 bits per heavy atom. The number of aromatic nitrogens is 1. The molecule has 1 aliphatic heterocycles. The van der Waals surface area contributed by atoms with Crippen LogP contribution in [0.2, 0.25) is 0 Å². The van der Waals surface area contributed by atoms with Gasteiger partial charge in [0.2, 0.25) is 0 Å². The number of carbonyl (C=O) groups excluding carboxylic acids is 2. The number of urea groups is 1. The highest BCUT2D eigenvalue weighted by molar-refractivity contribution is 7.98. The molecule has 0 bridgehead atoms. The van der Waals surface area contributed by atoms with Gasteiger partial charge in [-0.05, 0) is 55.0 Å². The van der Waals surface area contributed by atoms with Gasteiger partial charge < -0.3 is 20.5 Å². The van der Waals surface area contributed by atoms with Gasteiger partial charge in [-0.1, -0.05) is 6.07 Å². The molecule has 2 aromatic heterocycles. The van der Waals surface area contributed by atoms with Crippen molar-refractivity contribution in [1.82, 2.24) is 9.88 Å². The molecule has 29 heavy (non-hydrogen) atoms. The molecular formula is C21H22N4O2S2. The van der Waals surface area contributed by atoms with Gasteiger partial charge in [0, 0.05) is 40.9 Å². The van der Waals surface area contributed by atoms with Gasteiger partial charge in [0.1, 0.15) is 5.00 Å². The van der Waals surface area contributed by atoms with Crippen LogP contribution in [0, 0.1) is 0 Å². The Morgan fingerprint density at radius 3 is 2.62 bits per heavy atom. The molecule has 150 valence electrons. The molecule has 1 aromatic carbocycles. The van der Waals surface area contributed by atoms with E-state index in [2.05, 4.69) is 16.0 Å². The van der Waals surface area contributed by atoms with Crippen molar-refractivity contribution in [3.8, 4) is 5.00 Å². The summed E-state index contributed by atoms with van der Waals surface area (Å²) in [6.45, 7) is 2.41. The molecule has 3 heterocycles. The minimum Gasteiger partial charge on any atom is -0.338 e. The van der Waals surface area contributed by atoms with Crippen LogP contribution < -0.4 is 16.0 Å². The average molecular weight is 427 g/mol. The number of anilines is 2. The fraction of sp³-hybridized carbons (Fsp3) is 0.238. The molecule has 8 heteroatoms. The number of nitrogens with zero attached hydrogens (tertiary/aromatic N) is 1. The number of thioether (sulfide) groups is 1. The Kier molecular flexibility index (Phi) is 5.92. The summed E-state index contributed by atoms with van der Waals surface area (Å²) in [5.41, 5.74) is 3.19. The van der Waals surface area contributed by atoms with Crippen molar-refractivity contribution in [1.29, 1.82) is 0 Å². The molecule has 3 N–H and O–H groups in total. The first-order valence-corrected chi connectivity index (χ1v) is 11.4. The Bertz CT molecular complexity index is 1030. The highest BCUT2D eigenvalue weighted by Crippen LogP contribution is 2.38. The number of fused-ring (bicyclic) bond motifs is 1. The maximum absolute atomic E-state index is 13.3. The summed E-state index contributed by atoms with van der Waals surface area (Å²) in [6.07, 6.45) is 4.84. The van der Waals surface area contributed by atoms with Gasteiger partial charge in [0.25, 0.3) is 5.91 Å². The molecule has 3 aromatic rings. The molecule has 1 aliphatic rings. The van der Waals surface area contributed by atoms with Gasteiger partial charge in [0.05, 0.1) is 5.56 Å². The van der Waals surface area contributed by atoms with E-state index < -0.39 is 0 Å². The molecular weight excluding hydrogens is 404 g/mol. The third-order valence-corrected chi connectivity index (χ3v) is 7.00. The third-order valence-electron chi connectivity index (χ3n) is 4.58. The number of benzene rings is 1. The van der Waals surface area contributed by atoms with E-state index in [1.807, 2.05) is 59.9 Å². The van der Waals surface area contributed by atoms with Gasteiger partial charge >= 0.3 is 6.03 Å². The van der Waals surface area contributed by atoms with Gasteiger partial charge in [-0.15, -0.1) is 11.3 Å². The summed E-state index contributed by atoms with van der Waals surface area (Å²) >= 11 is 3.60. The normalized spacial score (nSPS) is 12.9. The van der Waals surface area contributed by atoms with Crippen LogP contribution >= 0.6 is 23.1 Å². The van der Waals surface area contributed by atoms with E-state index in [1.165, 1.54) is 4.88 Å². The quantitative estimate of drug-likeness (QED) is 0.552. The van der Waals surface area contributed by atoms with Crippen molar-refractivity contribution >= 4 is 46.4 Å². The summed E-state index contributed by atoms with van der Waals surface area (Å²) < 4.78 is 2.01. The van der Waals surface area contributed by atoms with E-state index in [-0.39, 0.29) is 11.9 Å². The van der Waals surface area contributed by atoms with Gasteiger partial charge in [-0.2, -0.15) is 11.8 Å². The Balaban J connectivity index is 1.61. The molecule has 0 fully saturated rings. The van der Waals surface area contributed by atoms with Crippen LogP contribution in [0.5, 0.6) is 0 Å². The Morgan fingerprint density at radius 1 is 1.10 bits per heavy atom. The molecule has 0 radical (unpaired) electrons. The third kappa shape index (κ3) is 4.33. The van der Waals surface area contributed by atoms with E-state index in [0.29, 0.717) is 17.9 Å². The summed E-state index contributed by atoms with van der Waals surface area (Å²) in [5.74, 6) is 1.86. The van der Waals surface area contributed by atoms with E-state index in [0.717, 1.165) is 34.1 Å². The molecule has 4 rings (SSSR count). The van der Waals surface area contributed by atoms with E-state index in [1.54, 1.807) is 23.5 Å². The van der Waals surface area contributed by atoms with Crippen LogP contribution in [-0.4, -0.2) is 28.8 Å². The largest absolute Gasteiger partial charge is 0.338 e. The second-order valence-corrected chi connectivity index (χ2v) is 8.79. The first-order valence-electron chi connectivity index (χ1n) is 9.47. The number of carbonyl (C=O) groups is 2. The second kappa shape index (κ2) is 8.75. The first kappa shape index (κ1) is 19.6. The second-order valence-electron chi connectivity index (χ2n) is 6.60. The average Bonchev–Trinajstić information content (AvgIpc) is 3.36. The van der Waals surface area contributed by atoms with Crippen LogP contribution in [-0.2, 0) is 12.2 Å². The predicted octanol–water partition coefficient (Wildman–Crippen LogP) is 4.72. The van der Waals surface area contributed by atoms with Crippen molar-refractivity contribution in [2.24, 2.45) is 0 Å². The van der Waals surface area contributed by atoms with Crippen molar-refractivity contribution in [2.45, 2.75) is 19.1 Å². The first-order chi connectivity index (χ1) is 14.2. The van der Waals surface area contributed by atoms with Crippen LogP contribution in [0.15, 0.2) is 48.8 Å². The molecule has 0 atom stereocenters. The van der Waals surface area contributed by atoms with E-state index in [4.69, 9.17) is 0 Å². The number of amides is 3. The summed E-state index contributed by atoms with van der Waals surface area (Å²) in [4.78, 5) is 26.3. The minimum absolute atomic E-state index is 0.117. The van der Waals surface area contributed by atoms with E-state index in [9.17, 15) is 9.59 Å². The van der Waals surface area contributed by atoms with Gasteiger partial charge in [-0.3, -0.25) is 4.79 Å². The summed E-state index contributed by atoms with van der Waals surface area (Å²) in [7, 11) is 0. The van der Waals surface area contributed by atoms with Gasteiger partial charge in [0.15, 0.2) is 0 Å². The molecule has 0 unspecified atom stereocenters. The lowest BCUT2D eigenvalue weighted by atomic mass is 10.1. The lowest BCUT2D eigenvalue weighted by Crippen LogP contribution is -2.28. The SMILES string of the molecule is CCNC(=O)Nc1cccc(NC(=O)c2c(-n3cccc3)sc3c2CCSC3)c1. The topological polar surface area (TPSA) is 75.2 Å². The van der Waals surface area contributed by atoms with E-state index >= 15 is 0 Å². The predicted molar refractivity (Wildman–Crippen MR) is 121 cm³/mol. The van der Waals surface area contributed by atoms with Crippen LogP contribution in [0.1, 0.15) is 27.7 Å². The number of hydrogen-bond acceptors (Lipinski definition) is 4. The van der Waals surface area contributed by atoms with Crippen LogP contribution in [0.25, 0.3) is 5.00 Å². The lowest BCUT2D eigenvalue weighted by molar-refractivity contribution is 0.102. The number of nitrogens with one attached hydrogen (secondary N) is 3. The molecule has 0 saturated carbocycles. The van der Waals surface area contributed by atoms with Gasteiger partial charge in [-0.25, -0.2) is 4.79 Å². The standard InChI is InChI=1S/C21H22N4O2S2/c1-2-22-21(27)24-15-7-5-6-14(12-15)23-19(26)18-16-8-11-28-13-17(16)29-20(18)25-9-3-4-10-25/h3-7,9-10,12H,2,8,11,13H2,1H3,(H,23,26)(H2,22,24,27). The lowest BCUT2D eigenvalue weighted by Gasteiger charge is -2.14. The zero-order chi connectivity index (χ0) is 20.2. The number of thiophene rings is 1. The fourth-order valence-electron chi connectivity index (χ4n) is 3.31. The molecule has 0 saturated heterocycles. The number of hydrogen-bond donors (Lipinski definition) is 3. The zero-order valence-corrected chi connectivity index (χ0v) is 17.7. The molecule has 3 amide bonds. The van der Waals surface area contributed by atoms with Crippen molar-refractivity contribution in [3.05, 3.63) is 64.8 Å². The molecule has 6 nitrogen and oxygen atoms in total. The minimum atomic E-state index is -0.268. The Labute approximate surface area is 177 Å². The highest BCUT2D eigenvalue weighted by Gasteiger charge is 2.26. The maximum atomic E-state index is 13.3. The molecule has 0 spiro atoms. The fourth-order valence-corrected chi connectivity index (χ4v) is 5.75. The maximum Gasteiger partial charge on any atom is 0.319 e. The Hall–Kier alpha value is -2.71. The van der Waals surface area contributed by atoms with Crippen molar-refractivity contribution < 1.29 is 9.59 Å². The smallest absolute Gasteiger partial charge is 0.319 e. The molecule has 0 aliphatic carbocycles. The number of rotatable bonds is 5. The zero-order valence-electron chi connectivity index (χ0n) is 16.0. The van der Waals surface area contributed by atoms with Crippen LogP contribution in [0.4, 0.5) is 16.2 Å².